The summed E-state index contributed by atoms with van der Waals surface area (Å²) in [7, 11) is 0. The third-order valence-electron chi connectivity index (χ3n) is 6.37. The molecule has 9 heteroatoms. The SMILES string of the molecule is CCCCOc1cccc(C(O)=C2C(=O)C(=O)N(c3nc4ccc(OCC)cc4s3)C2c2ccc(Br)cc2)c1. The monoisotopic (exact) mass is 606 g/mol. The summed E-state index contributed by atoms with van der Waals surface area (Å²) in [6.07, 6.45) is 1.90. The Kier molecular flexibility index (Phi) is 7.99. The normalized spacial score (nSPS) is 16.7. The summed E-state index contributed by atoms with van der Waals surface area (Å²) in [6.45, 7) is 5.07. The van der Waals surface area contributed by atoms with Gasteiger partial charge in [0.05, 0.1) is 35.0 Å². The predicted molar refractivity (Wildman–Crippen MR) is 157 cm³/mol. The number of hydrogen-bond acceptors (Lipinski definition) is 7. The van der Waals surface area contributed by atoms with Crippen LogP contribution in [0.3, 0.4) is 0 Å². The number of nitrogens with zero attached hydrogens (tertiary/aromatic N) is 2. The van der Waals surface area contributed by atoms with Gasteiger partial charge in [0.1, 0.15) is 17.3 Å². The van der Waals surface area contributed by atoms with Gasteiger partial charge in [-0.3, -0.25) is 14.5 Å². The molecule has 1 unspecified atom stereocenters. The molecule has 0 radical (unpaired) electrons. The fraction of sp³-hybridized carbons (Fsp3) is 0.233. The molecule has 1 fully saturated rings. The molecule has 1 aliphatic rings. The largest absolute Gasteiger partial charge is 0.507 e. The van der Waals surface area contributed by atoms with Crippen molar-refractivity contribution in [3.63, 3.8) is 0 Å². The van der Waals surface area contributed by atoms with E-state index in [9.17, 15) is 14.7 Å². The summed E-state index contributed by atoms with van der Waals surface area (Å²) in [5.74, 6) is -0.494. The highest BCUT2D eigenvalue weighted by molar-refractivity contribution is 9.10. The van der Waals surface area contributed by atoms with Crippen LogP contribution in [-0.4, -0.2) is 35.0 Å². The number of benzene rings is 3. The minimum atomic E-state index is -0.866. The third kappa shape index (κ3) is 5.42. The summed E-state index contributed by atoms with van der Waals surface area (Å²) in [5, 5.41) is 11.8. The molecule has 7 nitrogen and oxygen atoms in total. The van der Waals surface area contributed by atoms with E-state index in [1.807, 2.05) is 49.4 Å². The van der Waals surface area contributed by atoms with E-state index in [0.717, 1.165) is 22.0 Å². The van der Waals surface area contributed by atoms with Crippen molar-refractivity contribution in [3.05, 3.63) is 87.9 Å². The van der Waals surface area contributed by atoms with Gasteiger partial charge in [0.15, 0.2) is 5.13 Å². The number of amides is 1. The van der Waals surface area contributed by atoms with Crippen LogP contribution in [0.1, 0.15) is 43.9 Å². The number of rotatable bonds is 9. The quantitative estimate of drug-likeness (QED) is 0.0933. The summed E-state index contributed by atoms with van der Waals surface area (Å²) in [5.41, 5.74) is 1.76. The molecule has 1 N–H and O–H groups in total. The van der Waals surface area contributed by atoms with Crippen molar-refractivity contribution in [2.24, 2.45) is 0 Å². The molecule has 3 aromatic carbocycles. The number of ether oxygens (including phenoxy) is 2. The molecule has 0 spiro atoms. The number of Topliss-reactive ketones (excluding diaryl/α,β-unsaturated/α-hetero) is 1. The molecule has 5 rings (SSSR count). The van der Waals surface area contributed by atoms with Gasteiger partial charge in [0, 0.05) is 10.0 Å². The van der Waals surface area contributed by atoms with Gasteiger partial charge in [0.25, 0.3) is 5.78 Å². The maximum atomic E-state index is 13.5. The van der Waals surface area contributed by atoms with Crippen molar-refractivity contribution in [1.29, 1.82) is 0 Å². The number of fused-ring (bicyclic) bond motifs is 1. The van der Waals surface area contributed by atoms with Crippen LogP contribution in [0.25, 0.3) is 16.0 Å². The van der Waals surface area contributed by atoms with Crippen LogP contribution < -0.4 is 14.4 Å². The van der Waals surface area contributed by atoms with Crippen molar-refractivity contribution in [2.45, 2.75) is 32.7 Å². The number of thiazole rings is 1. The van der Waals surface area contributed by atoms with E-state index in [2.05, 4.69) is 27.8 Å². The fourth-order valence-corrected chi connectivity index (χ4v) is 5.75. The van der Waals surface area contributed by atoms with Gasteiger partial charge in [-0.25, -0.2) is 4.98 Å². The molecule has 1 atom stereocenters. The number of hydrogen-bond donors (Lipinski definition) is 1. The molecule has 0 aliphatic carbocycles. The first-order chi connectivity index (χ1) is 18.9. The van der Waals surface area contributed by atoms with Gasteiger partial charge >= 0.3 is 5.91 Å². The van der Waals surface area contributed by atoms with Crippen molar-refractivity contribution in [1.82, 2.24) is 4.98 Å². The average molecular weight is 608 g/mol. The Hall–Kier alpha value is -3.69. The zero-order chi connectivity index (χ0) is 27.5. The molecule has 1 aliphatic heterocycles. The number of aliphatic hydroxyl groups excluding tert-OH is 1. The highest BCUT2D eigenvalue weighted by Crippen LogP contribution is 2.45. The van der Waals surface area contributed by atoms with E-state index in [1.165, 1.54) is 16.2 Å². The highest BCUT2D eigenvalue weighted by Gasteiger charge is 2.48. The molecule has 1 aromatic heterocycles. The average Bonchev–Trinajstić information content (AvgIpc) is 3.47. The van der Waals surface area contributed by atoms with Crippen molar-refractivity contribution in [3.8, 4) is 11.5 Å². The highest BCUT2D eigenvalue weighted by atomic mass is 79.9. The molecule has 1 amide bonds. The van der Waals surface area contributed by atoms with Crippen LogP contribution in [0.2, 0.25) is 0 Å². The zero-order valence-electron chi connectivity index (χ0n) is 21.5. The van der Waals surface area contributed by atoms with Crippen LogP contribution >= 0.6 is 27.3 Å². The fourth-order valence-electron chi connectivity index (χ4n) is 4.47. The van der Waals surface area contributed by atoms with Crippen LogP contribution in [0.15, 0.2) is 76.8 Å². The topological polar surface area (TPSA) is 89.0 Å². The van der Waals surface area contributed by atoms with E-state index in [0.29, 0.717) is 46.5 Å². The van der Waals surface area contributed by atoms with Crippen LogP contribution in [0.5, 0.6) is 11.5 Å². The number of carbonyl (C=O) groups is 2. The van der Waals surface area contributed by atoms with Gasteiger partial charge in [-0.1, -0.05) is 64.9 Å². The minimum absolute atomic E-state index is 0.00212. The molecule has 200 valence electrons. The van der Waals surface area contributed by atoms with E-state index in [4.69, 9.17) is 9.47 Å². The molecule has 2 heterocycles. The molecular formula is C30H27BrN2O5S. The standard InChI is InChI=1S/C30H27BrN2O5S/c1-3-5-15-38-21-8-6-7-19(16-21)27(34)25-26(18-9-11-20(31)12-10-18)33(29(36)28(25)35)30-32-23-14-13-22(37-4-2)17-24(23)39-30/h6-14,16-17,26,34H,3-5,15H2,1-2H3. The maximum absolute atomic E-state index is 13.5. The Labute approximate surface area is 238 Å². The number of ketones is 1. The Balaban J connectivity index is 1.62. The van der Waals surface area contributed by atoms with Crippen LogP contribution in [0.4, 0.5) is 5.13 Å². The zero-order valence-corrected chi connectivity index (χ0v) is 23.9. The maximum Gasteiger partial charge on any atom is 0.301 e. The third-order valence-corrected chi connectivity index (χ3v) is 7.92. The predicted octanol–water partition coefficient (Wildman–Crippen LogP) is 7.26. The summed E-state index contributed by atoms with van der Waals surface area (Å²) in [6, 6.07) is 18.9. The lowest BCUT2D eigenvalue weighted by Crippen LogP contribution is -2.29. The molecule has 0 saturated carbocycles. The Morgan fingerprint density at radius 1 is 1.03 bits per heavy atom. The van der Waals surface area contributed by atoms with Crippen LogP contribution in [0, 0.1) is 0 Å². The van der Waals surface area contributed by atoms with Gasteiger partial charge in [-0.2, -0.15) is 0 Å². The lowest BCUT2D eigenvalue weighted by Gasteiger charge is -2.23. The van der Waals surface area contributed by atoms with Gasteiger partial charge in [-0.15, -0.1) is 0 Å². The molecule has 1 saturated heterocycles. The van der Waals surface area contributed by atoms with Crippen molar-refractivity contribution in [2.75, 3.05) is 18.1 Å². The lowest BCUT2D eigenvalue weighted by molar-refractivity contribution is -0.132. The first kappa shape index (κ1) is 26.9. The Morgan fingerprint density at radius 2 is 1.79 bits per heavy atom. The summed E-state index contributed by atoms with van der Waals surface area (Å²) < 4.78 is 13.1. The van der Waals surface area contributed by atoms with E-state index in [-0.39, 0.29) is 11.3 Å². The molecule has 39 heavy (non-hydrogen) atoms. The first-order valence-corrected chi connectivity index (χ1v) is 14.3. The number of halogens is 1. The number of unbranched alkanes of at least 4 members (excludes halogenated alkanes) is 1. The molecular weight excluding hydrogens is 580 g/mol. The van der Waals surface area contributed by atoms with Crippen molar-refractivity contribution < 1.29 is 24.2 Å². The molecule has 0 bridgehead atoms. The van der Waals surface area contributed by atoms with E-state index < -0.39 is 17.7 Å². The number of aliphatic hydroxyl groups is 1. The number of aromatic nitrogens is 1. The number of carbonyl (C=O) groups excluding carboxylic acids is 2. The smallest absolute Gasteiger partial charge is 0.301 e. The molecule has 4 aromatic rings. The minimum Gasteiger partial charge on any atom is -0.507 e. The summed E-state index contributed by atoms with van der Waals surface area (Å²) in [4.78, 5) is 33.1. The Bertz CT molecular complexity index is 1560. The summed E-state index contributed by atoms with van der Waals surface area (Å²) >= 11 is 4.74. The lowest BCUT2D eigenvalue weighted by atomic mass is 9.95. The van der Waals surface area contributed by atoms with E-state index in [1.54, 1.807) is 24.3 Å². The van der Waals surface area contributed by atoms with E-state index >= 15 is 0 Å². The second-order valence-electron chi connectivity index (χ2n) is 9.01. The second-order valence-corrected chi connectivity index (χ2v) is 10.9. The first-order valence-electron chi connectivity index (χ1n) is 12.7. The second kappa shape index (κ2) is 11.6. The van der Waals surface area contributed by atoms with Crippen LogP contribution in [-0.2, 0) is 9.59 Å². The van der Waals surface area contributed by atoms with Crippen molar-refractivity contribution >= 4 is 60.1 Å². The number of anilines is 1. The Morgan fingerprint density at radius 3 is 2.54 bits per heavy atom. The van der Waals surface area contributed by atoms with Gasteiger partial charge in [0.2, 0.25) is 0 Å². The van der Waals surface area contributed by atoms with Gasteiger partial charge < -0.3 is 14.6 Å². The van der Waals surface area contributed by atoms with Gasteiger partial charge in [-0.05, 0) is 61.4 Å².